The van der Waals surface area contributed by atoms with Crippen molar-refractivity contribution >= 4 is 115 Å². The van der Waals surface area contributed by atoms with Crippen LogP contribution in [0.15, 0.2) is 320 Å². The predicted octanol–water partition coefficient (Wildman–Crippen LogP) is 23.7. The minimum Gasteiger partial charge on any atom is -0.399 e. The van der Waals surface area contributed by atoms with Crippen LogP contribution in [-0.2, 0) is 9.31 Å². The Morgan fingerprint density at radius 2 is 0.533 bits per heavy atom. The van der Waals surface area contributed by atoms with Crippen molar-refractivity contribution in [1.82, 2.24) is 0 Å². The van der Waals surface area contributed by atoms with Gasteiger partial charge in [-0.15, -0.1) is 0 Å². The second-order valence-corrected chi connectivity index (χ2v) is 25.4. The summed E-state index contributed by atoms with van der Waals surface area (Å²) in [5.74, 6) is 0. The van der Waals surface area contributed by atoms with Crippen LogP contribution in [0, 0.1) is 0 Å². The first-order valence-electron chi connectivity index (χ1n) is 31.1. The van der Waals surface area contributed by atoms with Crippen LogP contribution in [0.2, 0.25) is 0 Å². The quantitative estimate of drug-likeness (QED) is 0.122. The SMILES string of the molecule is Brc1c2ccccc2c(-c2cccc3ccccc23)c2ccccc12.CC1(C)OB(c2ccc(-c3ccc4ccccc4c3)cc2)OC1(C)C.c1ccc2cc(-c3ccc(-c4c5ccccc5c(-c5cccc6ccccc56)c5ccccc45)cc3)ccc2c1. The van der Waals surface area contributed by atoms with Crippen molar-refractivity contribution in [1.29, 1.82) is 0 Å². The molecule has 1 heterocycles. The van der Waals surface area contributed by atoms with Crippen LogP contribution in [0.4, 0.5) is 0 Å². The van der Waals surface area contributed by atoms with E-state index in [0.29, 0.717) is 0 Å². The van der Waals surface area contributed by atoms with Crippen LogP contribution in [0.5, 0.6) is 0 Å². The Balaban J connectivity index is 0.000000118. The second kappa shape index (κ2) is 23.5. The Kier molecular flexibility index (Phi) is 14.8. The van der Waals surface area contributed by atoms with E-state index < -0.39 is 0 Å². The van der Waals surface area contributed by atoms with E-state index in [4.69, 9.17) is 9.31 Å². The molecule has 4 heteroatoms. The maximum absolute atomic E-state index is 6.13. The minimum atomic E-state index is -0.311. The summed E-state index contributed by atoms with van der Waals surface area (Å²) in [4.78, 5) is 0. The molecule has 0 N–H and O–H groups in total. The topological polar surface area (TPSA) is 18.5 Å². The molecule has 0 bridgehead atoms. The Morgan fingerprint density at radius 3 is 0.944 bits per heavy atom. The normalized spacial score (nSPS) is 13.5. The van der Waals surface area contributed by atoms with Crippen molar-refractivity contribution in [3.05, 3.63) is 320 Å². The van der Waals surface area contributed by atoms with Crippen LogP contribution in [0.25, 0.3) is 142 Å². The molecule has 0 saturated carbocycles. The summed E-state index contributed by atoms with van der Waals surface area (Å²) >= 11 is 3.84. The zero-order valence-electron chi connectivity index (χ0n) is 50.8. The van der Waals surface area contributed by atoms with Gasteiger partial charge in [-0.1, -0.05) is 303 Å². The van der Waals surface area contributed by atoms with Crippen molar-refractivity contribution in [2.24, 2.45) is 0 Å². The molecule has 16 aromatic rings. The third-order valence-corrected chi connectivity index (χ3v) is 19.5. The molecule has 1 aliphatic rings. The number of halogens is 1. The summed E-state index contributed by atoms with van der Waals surface area (Å²) in [7, 11) is -0.310. The van der Waals surface area contributed by atoms with E-state index in [1.165, 1.54) is 146 Å². The van der Waals surface area contributed by atoms with Crippen LogP contribution >= 0.6 is 15.9 Å². The van der Waals surface area contributed by atoms with Gasteiger partial charge in [-0.3, -0.25) is 0 Å². The van der Waals surface area contributed by atoms with E-state index in [2.05, 4.69) is 359 Å². The van der Waals surface area contributed by atoms with Gasteiger partial charge in [0.25, 0.3) is 0 Å². The van der Waals surface area contributed by atoms with Gasteiger partial charge >= 0.3 is 7.12 Å². The van der Waals surface area contributed by atoms with Crippen LogP contribution < -0.4 is 5.46 Å². The molecule has 0 atom stereocenters. The standard InChI is InChI=1S/C40H26.C24H15Br.C22H23BO2/c1-2-12-31-26-32(25-22-27(31)10-1)28-20-23-30(24-21-28)39-35-15-5-7-17-37(35)40(38-18-8-6-16-36(38)39)34-19-9-13-29-11-3-4-14-33(29)34;25-24-21-13-5-3-11-19(21)23(20-12-4-6-14-22(20)24)18-15-7-9-16-8-1-2-10-17(16)18;1-21(2)22(3,4)25-23(24-21)20-13-11-17(12-14-20)19-10-9-16-7-5-6-8-18(16)15-19/h1-26H;1-15H;5-15H,1-4H3. The van der Waals surface area contributed by atoms with Gasteiger partial charge in [0.1, 0.15) is 0 Å². The van der Waals surface area contributed by atoms with Gasteiger partial charge in [0.05, 0.1) is 11.2 Å². The minimum absolute atomic E-state index is 0.310. The van der Waals surface area contributed by atoms with Gasteiger partial charge in [0.2, 0.25) is 0 Å². The summed E-state index contributed by atoms with van der Waals surface area (Å²) in [5, 5.41) is 20.4. The highest BCUT2D eigenvalue weighted by molar-refractivity contribution is 9.10. The smallest absolute Gasteiger partial charge is 0.399 e. The number of hydrogen-bond acceptors (Lipinski definition) is 2. The fraction of sp³-hybridized carbons (Fsp3) is 0.0698. The number of hydrogen-bond donors (Lipinski definition) is 0. The molecule has 430 valence electrons. The zero-order valence-corrected chi connectivity index (χ0v) is 52.4. The van der Waals surface area contributed by atoms with Crippen molar-refractivity contribution < 1.29 is 9.31 Å². The molecule has 0 spiro atoms. The molecule has 0 amide bonds. The van der Waals surface area contributed by atoms with Crippen molar-refractivity contribution in [3.8, 4) is 55.6 Å². The van der Waals surface area contributed by atoms with E-state index in [0.717, 1.165) is 5.46 Å². The molecular weight excluding hydrogens is 1160 g/mol. The van der Waals surface area contributed by atoms with Gasteiger partial charge in [-0.2, -0.15) is 0 Å². The fourth-order valence-corrected chi connectivity index (χ4v) is 14.1. The molecule has 2 nitrogen and oxygen atoms in total. The van der Waals surface area contributed by atoms with Gasteiger partial charge in [0.15, 0.2) is 0 Å². The molecule has 0 aromatic heterocycles. The molecule has 17 rings (SSSR count). The maximum atomic E-state index is 6.13. The lowest BCUT2D eigenvalue weighted by Crippen LogP contribution is -2.41. The predicted molar refractivity (Wildman–Crippen MR) is 390 cm³/mol. The van der Waals surface area contributed by atoms with E-state index in [1.807, 2.05) is 0 Å². The van der Waals surface area contributed by atoms with Crippen LogP contribution in [0.3, 0.4) is 0 Å². The van der Waals surface area contributed by atoms with Gasteiger partial charge in [-0.05, 0) is 203 Å². The van der Waals surface area contributed by atoms with Crippen molar-refractivity contribution in [3.63, 3.8) is 0 Å². The van der Waals surface area contributed by atoms with E-state index in [1.54, 1.807) is 0 Å². The largest absolute Gasteiger partial charge is 0.494 e. The molecule has 0 aliphatic carbocycles. The van der Waals surface area contributed by atoms with Gasteiger partial charge in [0, 0.05) is 4.47 Å². The average Bonchev–Trinajstić information content (AvgIpc) is 0.958. The van der Waals surface area contributed by atoms with Crippen LogP contribution in [-0.4, -0.2) is 18.3 Å². The second-order valence-electron chi connectivity index (χ2n) is 24.6. The molecule has 0 unspecified atom stereocenters. The number of benzene rings is 16. The van der Waals surface area contributed by atoms with E-state index in [-0.39, 0.29) is 18.3 Å². The first-order chi connectivity index (χ1) is 44.0. The lowest BCUT2D eigenvalue weighted by Gasteiger charge is -2.32. The fourth-order valence-electron chi connectivity index (χ4n) is 13.4. The number of fused-ring (bicyclic) bond motifs is 8. The molecule has 1 saturated heterocycles. The van der Waals surface area contributed by atoms with Gasteiger partial charge in [-0.25, -0.2) is 0 Å². The summed E-state index contributed by atoms with van der Waals surface area (Å²) in [6.07, 6.45) is 0. The third kappa shape index (κ3) is 10.4. The summed E-state index contributed by atoms with van der Waals surface area (Å²) in [6.45, 7) is 8.32. The molecule has 16 aromatic carbocycles. The van der Waals surface area contributed by atoms with E-state index >= 15 is 0 Å². The highest BCUT2D eigenvalue weighted by atomic mass is 79.9. The third-order valence-electron chi connectivity index (χ3n) is 18.7. The Hall–Kier alpha value is -9.94. The van der Waals surface area contributed by atoms with Gasteiger partial charge < -0.3 is 9.31 Å². The molecule has 90 heavy (non-hydrogen) atoms. The highest BCUT2D eigenvalue weighted by Gasteiger charge is 2.51. The summed E-state index contributed by atoms with van der Waals surface area (Å²) in [5.41, 5.74) is 13.0. The summed E-state index contributed by atoms with van der Waals surface area (Å²) in [6, 6.07) is 114. The average molecular weight is 1220 g/mol. The summed E-state index contributed by atoms with van der Waals surface area (Å²) < 4.78 is 13.4. The first-order valence-corrected chi connectivity index (χ1v) is 31.9. The first kappa shape index (κ1) is 56.6. The zero-order chi connectivity index (χ0) is 60.9. The maximum Gasteiger partial charge on any atom is 0.494 e. The molecule has 1 fully saturated rings. The molecular formula is C86H64BBrO2. The van der Waals surface area contributed by atoms with E-state index in [9.17, 15) is 0 Å². The Morgan fingerprint density at radius 1 is 0.244 bits per heavy atom. The Labute approximate surface area is 534 Å². The van der Waals surface area contributed by atoms with Crippen molar-refractivity contribution in [2.45, 2.75) is 38.9 Å². The highest BCUT2D eigenvalue weighted by Crippen LogP contribution is 2.47. The lowest BCUT2D eigenvalue weighted by molar-refractivity contribution is 0.00578. The monoisotopic (exact) mass is 1220 g/mol. The molecule has 0 radical (unpaired) electrons. The number of rotatable bonds is 6. The van der Waals surface area contributed by atoms with Crippen LogP contribution in [0.1, 0.15) is 27.7 Å². The lowest BCUT2D eigenvalue weighted by atomic mass is 9.78. The Bertz CT molecular complexity index is 5260. The van der Waals surface area contributed by atoms with Crippen molar-refractivity contribution in [2.75, 3.05) is 0 Å². The molecule has 1 aliphatic heterocycles.